The van der Waals surface area contributed by atoms with Gasteiger partial charge in [-0.3, -0.25) is 9.69 Å². The van der Waals surface area contributed by atoms with Crippen LogP contribution in [0.2, 0.25) is 0 Å². The first-order chi connectivity index (χ1) is 12.7. The van der Waals surface area contributed by atoms with Gasteiger partial charge in [-0.25, -0.2) is 0 Å². The standard InChI is InChI=1S/C21H33N3OS/c1-16-7-4-5-11-23(16)12-6-10-22-21(25)19-13-17-14-24(15-20(17)26-19)18-8-2-3-9-18/h13,16,18H,2-12,14-15H2,1H3,(H,22,25). The zero-order chi connectivity index (χ0) is 17.9. The third-order valence-corrected chi connectivity index (χ3v) is 7.69. The molecule has 4 rings (SSSR count). The predicted octanol–water partition coefficient (Wildman–Crippen LogP) is 4.00. The molecule has 1 N–H and O–H groups in total. The average Bonchev–Trinajstić information content (AvgIpc) is 3.34. The summed E-state index contributed by atoms with van der Waals surface area (Å²) in [5, 5.41) is 3.14. The molecule has 4 nitrogen and oxygen atoms in total. The molecule has 1 saturated carbocycles. The van der Waals surface area contributed by atoms with Crippen LogP contribution in [-0.2, 0) is 13.1 Å². The van der Waals surface area contributed by atoms with E-state index < -0.39 is 0 Å². The molecule has 5 heteroatoms. The van der Waals surface area contributed by atoms with Crippen LogP contribution in [0.5, 0.6) is 0 Å². The number of hydrogen-bond donors (Lipinski definition) is 1. The van der Waals surface area contributed by atoms with Gasteiger partial charge in [0.15, 0.2) is 0 Å². The number of thiophene rings is 1. The third-order valence-electron chi connectivity index (χ3n) is 6.53. The Morgan fingerprint density at radius 2 is 2.00 bits per heavy atom. The van der Waals surface area contributed by atoms with E-state index in [1.807, 2.05) is 0 Å². The highest BCUT2D eigenvalue weighted by Gasteiger charge is 2.30. The molecule has 1 saturated heterocycles. The van der Waals surface area contributed by atoms with Crippen molar-refractivity contribution in [2.24, 2.45) is 0 Å². The summed E-state index contributed by atoms with van der Waals surface area (Å²) < 4.78 is 0. The van der Waals surface area contributed by atoms with E-state index in [9.17, 15) is 4.79 Å². The minimum Gasteiger partial charge on any atom is -0.351 e. The van der Waals surface area contributed by atoms with Crippen molar-refractivity contribution in [2.75, 3.05) is 19.6 Å². The molecule has 144 valence electrons. The van der Waals surface area contributed by atoms with E-state index in [2.05, 4.69) is 28.1 Å². The molecule has 0 aromatic carbocycles. The largest absolute Gasteiger partial charge is 0.351 e. The number of carbonyl (C=O) groups is 1. The lowest BCUT2D eigenvalue weighted by atomic mass is 10.0. The van der Waals surface area contributed by atoms with E-state index in [1.165, 1.54) is 61.9 Å². The van der Waals surface area contributed by atoms with Crippen LogP contribution in [0.1, 0.15) is 78.4 Å². The highest BCUT2D eigenvalue weighted by Crippen LogP contribution is 2.35. The Morgan fingerprint density at radius 1 is 1.19 bits per heavy atom. The SMILES string of the molecule is CC1CCCCN1CCCNC(=O)c1cc2c(s1)CN(C1CCCC1)C2. The molecule has 3 aliphatic rings. The van der Waals surface area contributed by atoms with Crippen molar-refractivity contribution < 1.29 is 4.79 Å². The Balaban J connectivity index is 1.21. The maximum atomic E-state index is 12.5. The molecule has 2 aliphatic heterocycles. The molecule has 0 radical (unpaired) electrons. The fourth-order valence-corrected chi connectivity index (χ4v) is 6.01. The van der Waals surface area contributed by atoms with E-state index >= 15 is 0 Å². The Hall–Kier alpha value is -0.910. The van der Waals surface area contributed by atoms with E-state index in [4.69, 9.17) is 0 Å². The first-order valence-electron chi connectivity index (χ1n) is 10.6. The summed E-state index contributed by atoms with van der Waals surface area (Å²) in [7, 11) is 0. The lowest BCUT2D eigenvalue weighted by molar-refractivity contribution is 0.0952. The summed E-state index contributed by atoms with van der Waals surface area (Å²) in [4.78, 5) is 20.0. The highest BCUT2D eigenvalue weighted by atomic mass is 32.1. The van der Waals surface area contributed by atoms with Crippen molar-refractivity contribution in [3.8, 4) is 0 Å². The molecule has 3 heterocycles. The Morgan fingerprint density at radius 3 is 2.77 bits per heavy atom. The number of piperidine rings is 1. The molecule has 0 spiro atoms. The molecule has 1 aromatic rings. The number of nitrogens with zero attached hydrogens (tertiary/aromatic N) is 2. The summed E-state index contributed by atoms with van der Waals surface area (Å²) in [5.74, 6) is 0.128. The lowest BCUT2D eigenvalue weighted by Crippen LogP contribution is -2.39. The fraction of sp³-hybridized carbons (Fsp3) is 0.762. The molecule has 1 aromatic heterocycles. The van der Waals surface area contributed by atoms with Gasteiger partial charge < -0.3 is 10.2 Å². The minimum absolute atomic E-state index is 0.128. The monoisotopic (exact) mass is 375 g/mol. The summed E-state index contributed by atoms with van der Waals surface area (Å²) in [6.45, 7) is 7.57. The van der Waals surface area contributed by atoms with Gasteiger partial charge in [-0.15, -0.1) is 11.3 Å². The lowest BCUT2D eigenvalue weighted by Gasteiger charge is -2.33. The minimum atomic E-state index is 0.128. The first kappa shape index (κ1) is 18.5. The van der Waals surface area contributed by atoms with E-state index in [1.54, 1.807) is 11.3 Å². The molecule has 2 fully saturated rings. The van der Waals surface area contributed by atoms with Crippen molar-refractivity contribution in [2.45, 2.75) is 83.5 Å². The number of amides is 1. The second-order valence-electron chi connectivity index (χ2n) is 8.39. The average molecular weight is 376 g/mol. The maximum absolute atomic E-state index is 12.5. The van der Waals surface area contributed by atoms with E-state index in [-0.39, 0.29) is 5.91 Å². The first-order valence-corrected chi connectivity index (χ1v) is 11.4. The van der Waals surface area contributed by atoms with Crippen molar-refractivity contribution in [3.05, 3.63) is 21.4 Å². The van der Waals surface area contributed by atoms with Crippen LogP contribution >= 0.6 is 11.3 Å². The van der Waals surface area contributed by atoms with Gasteiger partial charge in [-0.05, 0) is 57.2 Å². The van der Waals surface area contributed by atoms with Crippen molar-refractivity contribution in [1.29, 1.82) is 0 Å². The fourth-order valence-electron chi connectivity index (χ4n) is 4.89. The number of carbonyl (C=O) groups excluding carboxylic acids is 1. The summed E-state index contributed by atoms with van der Waals surface area (Å²) in [5.41, 5.74) is 1.40. The second-order valence-corrected chi connectivity index (χ2v) is 9.53. The Kier molecular flexibility index (Phi) is 5.97. The third kappa shape index (κ3) is 4.15. The van der Waals surface area contributed by atoms with Crippen LogP contribution in [0, 0.1) is 0 Å². The summed E-state index contributed by atoms with van der Waals surface area (Å²) in [6.07, 6.45) is 10.6. The summed E-state index contributed by atoms with van der Waals surface area (Å²) in [6, 6.07) is 3.64. The van der Waals surface area contributed by atoms with Crippen LogP contribution in [0.3, 0.4) is 0 Å². The van der Waals surface area contributed by atoms with Crippen molar-refractivity contribution in [3.63, 3.8) is 0 Å². The molecule has 1 amide bonds. The molecule has 1 atom stereocenters. The van der Waals surface area contributed by atoms with Crippen molar-refractivity contribution in [1.82, 2.24) is 15.1 Å². The highest BCUT2D eigenvalue weighted by molar-refractivity contribution is 7.14. The molecule has 1 aliphatic carbocycles. The maximum Gasteiger partial charge on any atom is 0.261 e. The van der Waals surface area contributed by atoms with Crippen LogP contribution in [0.25, 0.3) is 0 Å². The topological polar surface area (TPSA) is 35.6 Å². The number of hydrogen-bond acceptors (Lipinski definition) is 4. The Bertz CT molecular complexity index is 599. The summed E-state index contributed by atoms with van der Waals surface area (Å²) >= 11 is 1.72. The van der Waals surface area contributed by atoms with Gasteiger partial charge in [0.25, 0.3) is 5.91 Å². The quantitative estimate of drug-likeness (QED) is 0.764. The zero-order valence-electron chi connectivity index (χ0n) is 16.1. The van der Waals surface area contributed by atoms with Gasteiger partial charge >= 0.3 is 0 Å². The van der Waals surface area contributed by atoms with Gasteiger partial charge in [0.2, 0.25) is 0 Å². The van der Waals surface area contributed by atoms with Crippen molar-refractivity contribution >= 4 is 17.2 Å². The van der Waals surface area contributed by atoms with Crippen LogP contribution < -0.4 is 5.32 Å². The number of nitrogens with one attached hydrogen (secondary N) is 1. The van der Waals surface area contributed by atoms with Crippen LogP contribution in [0.15, 0.2) is 6.07 Å². The van der Waals surface area contributed by atoms with E-state index in [0.717, 1.165) is 43.5 Å². The van der Waals surface area contributed by atoms with Gasteiger partial charge in [0.05, 0.1) is 4.88 Å². The second kappa shape index (κ2) is 8.41. The Labute approximate surface area is 161 Å². The molecular weight excluding hydrogens is 342 g/mol. The number of fused-ring (bicyclic) bond motifs is 1. The van der Waals surface area contributed by atoms with E-state index in [0.29, 0.717) is 6.04 Å². The van der Waals surface area contributed by atoms with Gasteiger partial charge in [-0.1, -0.05) is 19.3 Å². The van der Waals surface area contributed by atoms with Crippen LogP contribution in [-0.4, -0.2) is 47.4 Å². The van der Waals surface area contributed by atoms with Crippen LogP contribution in [0.4, 0.5) is 0 Å². The predicted molar refractivity (Wildman–Crippen MR) is 108 cm³/mol. The molecular formula is C21H33N3OS. The zero-order valence-corrected chi connectivity index (χ0v) is 17.0. The van der Waals surface area contributed by atoms with Gasteiger partial charge in [0.1, 0.15) is 0 Å². The van der Waals surface area contributed by atoms with Gasteiger partial charge in [0, 0.05) is 43.1 Å². The smallest absolute Gasteiger partial charge is 0.261 e. The number of rotatable bonds is 6. The normalized spacial score (nSPS) is 24.9. The van der Waals surface area contributed by atoms with Gasteiger partial charge in [-0.2, -0.15) is 0 Å². The number of likely N-dealkylation sites (tertiary alicyclic amines) is 1. The molecule has 1 unspecified atom stereocenters. The molecule has 0 bridgehead atoms. The molecule has 26 heavy (non-hydrogen) atoms.